The number of hydrogen-bond donors (Lipinski definition) is 2. The molecule has 4 heterocycles. The highest BCUT2D eigenvalue weighted by Gasteiger charge is 2.21. The Morgan fingerprint density at radius 1 is 1.00 bits per heavy atom. The van der Waals surface area contributed by atoms with Crippen molar-refractivity contribution in [3.05, 3.63) is 33.2 Å². The highest BCUT2D eigenvalue weighted by atomic mass is 127. The zero-order valence-corrected chi connectivity index (χ0v) is 20.9. The van der Waals surface area contributed by atoms with E-state index in [1.54, 1.807) is 0 Å². The molecular weight excluding hydrogens is 556 g/mol. The summed E-state index contributed by atoms with van der Waals surface area (Å²) in [6.45, 7) is 6.54. The lowest BCUT2D eigenvalue weighted by Gasteiger charge is -2.34. The first kappa shape index (κ1) is 23.5. The molecule has 0 amide bonds. The van der Waals surface area contributed by atoms with Crippen molar-refractivity contribution < 1.29 is 19.0 Å². The number of nitrogens with zero attached hydrogens (tertiary/aromatic N) is 6. The van der Waals surface area contributed by atoms with Crippen LogP contribution in [0.3, 0.4) is 0 Å². The van der Waals surface area contributed by atoms with E-state index in [-0.39, 0.29) is 19.2 Å². The molecule has 2 aliphatic heterocycles. The van der Waals surface area contributed by atoms with Gasteiger partial charge in [-0.15, -0.1) is 0 Å². The first-order valence-electron chi connectivity index (χ1n) is 11.3. The number of nitrogens with two attached hydrogens (primary N) is 1. The van der Waals surface area contributed by atoms with Crippen LogP contribution in [0.5, 0.6) is 11.5 Å². The fourth-order valence-corrected chi connectivity index (χ4v) is 5.13. The van der Waals surface area contributed by atoms with E-state index in [0.717, 1.165) is 66.4 Å². The van der Waals surface area contributed by atoms with Gasteiger partial charge in [0.05, 0.1) is 6.61 Å². The predicted octanol–water partition coefficient (Wildman–Crippen LogP) is 1.47. The number of rotatable bonds is 8. The second-order valence-electron chi connectivity index (χ2n) is 8.46. The fourth-order valence-electron chi connectivity index (χ4n) is 4.50. The summed E-state index contributed by atoms with van der Waals surface area (Å²) in [5, 5.41) is 9.13. The number of anilines is 1. The van der Waals surface area contributed by atoms with Gasteiger partial charge in [0, 0.05) is 49.3 Å². The number of aromatic nitrogens is 4. The Kier molecular flexibility index (Phi) is 6.99. The molecule has 0 saturated carbocycles. The third-order valence-corrected chi connectivity index (χ3v) is 7.30. The molecule has 3 N–H and O–H groups in total. The number of halogens is 2. The quantitative estimate of drug-likeness (QED) is 0.301. The largest absolute Gasteiger partial charge is 0.454 e. The second-order valence-corrected chi connectivity index (χ2v) is 9.63. The number of nitrogen functional groups attached to an aromatic ring is 1. The number of benzene rings is 1. The van der Waals surface area contributed by atoms with E-state index in [2.05, 4.69) is 42.4 Å². The van der Waals surface area contributed by atoms with Crippen LogP contribution in [0.2, 0.25) is 0 Å². The molecule has 34 heavy (non-hydrogen) atoms. The van der Waals surface area contributed by atoms with Crippen molar-refractivity contribution in [2.24, 2.45) is 0 Å². The smallest absolute Gasteiger partial charge is 0.312 e. The first-order valence-corrected chi connectivity index (χ1v) is 12.4. The maximum absolute atomic E-state index is 14.0. The van der Waals surface area contributed by atoms with Gasteiger partial charge in [-0.25, -0.2) is 4.98 Å². The summed E-state index contributed by atoms with van der Waals surface area (Å²) < 4.78 is 28.0. The topological polar surface area (TPSA) is 115 Å². The molecule has 0 spiro atoms. The molecule has 1 fully saturated rings. The average Bonchev–Trinajstić information content (AvgIpc) is 3.40. The number of hydrogen-bond acceptors (Lipinski definition) is 9. The number of piperazine rings is 1. The average molecular weight is 583 g/mol. The maximum atomic E-state index is 14.0. The van der Waals surface area contributed by atoms with Gasteiger partial charge in [-0.3, -0.25) is 4.90 Å². The van der Waals surface area contributed by atoms with E-state index in [0.29, 0.717) is 29.9 Å². The van der Waals surface area contributed by atoms with Gasteiger partial charge in [0.2, 0.25) is 6.79 Å². The van der Waals surface area contributed by atoms with Gasteiger partial charge in [-0.05, 0) is 53.3 Å². The standard InChI is InChI=1S/C22H27FIN7O3/c23-22-27-20(25)19-21(28-22)31(3-1-2-29-4-6-30(7-5-29)8-9-32)18(26-19)11-14-10-16-17(12-15(14)24)34-13-33-16/h10,12,32H,1-9,11,13H2,(H2,25,27,28). The molecule has 2 aromatic heterocycles. The Morgan fingerprint density at radius 2 is 1.71 bits per heavy atom. The molecule has 0 unspecified atom stereocenters. The molecule has 10 nitrogen and oxygen atoms in total. The van der Waals surface area contributed by atoms with Crippen LogP contribution >= 0.6 is 22.6 Å². The van der Waals surface area contributed by atoms with Crippen LogP contribution in [0.25, 0.3) is 11.2 Å². The molecule has 1 aromatic carbocycles. The zero-order chi connectivity index (χ0) is 23.7. The maximum Gasteiger partial charge on any atom is 0.312 e. The van der Waals surface area contributed by atoms with Crippen molar-refractivity contribution >= 4 is 39.6 Å². The first-order chi connectivity index (χ1) is 16.5. The van der Waals surface area contributed by atoms with Crippen LogP contribution in [0.1, 0.15) is 17.8 Å². The van der Waals surface area contributed by atoms with Crippen LogP contribution < -0.4 is 15.2 Å². The highest BCUT2D eigenvalue weighted by Crippen LogP contribution is 2.36. The number of aryl methyl sites for hydroxylation is 1. The molecule has 5 rings (SSSR count). The van der Waals surface area contributed by atoms with Crippen molar-refractivity contribution in [2.75, 3.05) is 58.4 Å². The molecular formula is C22H27FIN7O3. The van der Waals surface area contributed by atoms with Crippen molar-refractivity contribution in [3.63, 3.8) is 0 Å². The summed E-state index contributed by atoms with van der Waals surface area (Å²) in [6, 6.07) is 3.92. The van der Waals surface area contributed by atoms with Crippen molar-refractivity contribution in [1.82, 2.24) is 29.3 Å². The van der Waals surface area contributed by atoms with Gasteiger partial charge in [0.15, 0.2) is 28.5 Å². The molecule has 3 aromatic rings. The molecule has 0 bridgehead atoms. The molecule has 182 valence electrons. The van der Waals surface area contributed by atoms with Crippen molar-refractivity contribution in [3.8, 4) is 11.5 Å². The van der Waals surface area contributed by atoms with Crippen LogP contribution in [0, 0.1) is 9.65 Å². The second kappa shape index (κ2) is 10.1. The van der Waals surface area contributed by atoms with E-state index in [4.69, 9.17) is 25.3 Å². The van der Waals surface area contributed by atoms with Crippen LogP contribution in [-0.2, 0) is 13.0 Å². The molecule has 2 aliphatic rings. The van der Waals surface area contributed by atoms with E-state index in [1.807, 2.05) is 16.7 Å². The van der Waals surface area contributed by atoms with Gasteiger partial charge in [0.25, 0.3) is 0 Å². The van der Waals surface area contributed by atoms with E-state index < -0.39 is 6.08 Å². The number of imidazole rings is 1. The SMILES string of the molecule is Nc1nc(F)nc2c1nc(Cc1cc3c(cc1I)OCO3)n2CCCN1CCN(CCO)CC1. The lowest BCUT2D eigenvalue weighted by Crippen LogP contribution is -2.47. The summed E-state index contributed by atoms with van der Waals surface area (Å²) in [6.07, 6.45) is 0.532. The summed E-state index contributed by atoms with van der Waals surface area (Å²) in [7, 11) is 0. The summed E-state index contributed by atoms with van der Waals surface area (Å²) in [5.41, 5.74) is 7.86. The van der Waals surface area contributed by atoms with Gasteiger partial charge in [-0.1, -0.05) is 0 Å². The number of ether oxygens (including phenoxy) is 2. The minimum absolute atomic E-state index is 0.0443. The van der Waals surface area contributed by atoms with Gasteiger partial charge >= 0.3 is 6.08 Å². The Bertz CT molecular complexity index is 1180. The Labute approximate surface area is 210 Å². The Hall–Kier alpha value is -2.29. The third-order valence-electron chi connectivity index (χ3n) is 6.30. The van der Waals surface area contributed by atoms with Gasteiger partial charge in [-0.2, -0.15) is 14.4 Å². The lowest BCUT2D eigenvalue weighted by molar-refractivity contribution is 0.111. The van der Waals surface area contributed by atoms with Crippen LogP contribution in [-0.4, -0.2) is 87.1 Å². The minimum Gasteiger partial charge on any atom is -0.454 e. The van der Waals surface area contributed by atoms with E-state index in [9.17, 15) is 4.39 Å². The molecule has 12 heteroatoms. The molecule has 0 radical (unpaired) electrons. The minimum atomic E-state index is -0.852. The summed E-state index contributed by atoms with van der Waals surface area (Å²) in [5.74, 6) is 2.25. The highest BCUT2D eigenvalue weighted by molar-refractivity contribution is 14.1. The number of aliphatic hydroxyl groups excluding tert-OH is 1. The molecule has 1 saturated heterocycles. The fraction of sp³-hybridized carbons (Fsp3) is 0.500. The van der Waals surface area contributed by atoms with Crippen molar-refractivity contribution in [1.29, 1.82) is 0 Å². The molecule has 0 atom stereocenters. The number of fused-ring (bicyclic) bond motifs is 2. The summed E-state index contributed by atoms with van der Waals surface area (Å²) >= 11 is 2.28. The van der Waals surface area contributed by atoms with E-state index in [1.165, 1.54) is 0 Å². The van der Waals surface area contributed by atoms with Crippen LogP contribution in [0.4, 0.5) is 10.2 Å². The van der Waals surface area contributed by atoms with Gasteiger partial charge < -0.3 is 29.8 Å². The van der Waals surface area contributed by atoms with Crippen LogP contribution in [0.15, 0.2) is 12.1 Å². The normalized spacial score (nSPS) is 16.6. The Balaban J connectivity index is 1.36. The molecule has 0 aliphatic carbocycles. The monoisotopic (exact) mass is 583 g/mol. The van der Waals surface area contributed by atoms with Crippen molar-refractivity contribution in [2.45, 2.75) is 19.4 Å². The third kappa shape index (κ3) is 4.90. The van der Waals surface area contributed by atoms with Gasteiger partial charge in [0.1, 0.15) is 5.82 Å². The zero-order valence-electron chi connectivity index (χ0n) is 18.7. The number of β-amino-alcohol motifs (C(OH)–C–C–N with tert-alkyl or cyclic N) is 1. The summed E-state index contributed by atoms with van der Waals surface area (Å²) in [4.78, 5) is 17.1. The Morgan fingerprint density at radius 3 is 2.44 bits per heavy atom. The van der Waals surface area contributed by atoms with E-state index >= 15 is 0 Å². The predicted molar refractivity (Wildman–Crippen MR) is 132 cm³/mol. The number of aliphatic hydroxyl groups is 1. The lowest BCUT2D eigenvalue weighted by atomic mass is 10.1.